The summed E-state index contributed by atoms with van der Waals surface area (Å²) in [5.41, 5.74) is -0.300. The van der Waals surface area contributed by atoms with Gasteiger partial charge >= 0.3 is 0 Å². The lowest BCUT2D eigenvalue weighted by Crippen LogP contribution is -2.35. The Labute approximate surface area is 109 Å². The molecule has 0 saturated carbocycles. The van der Waals surface area contributed by atoms with Gasteiger partial charge in [-0.1, -0.05) is 0 Å². The summed E-state index contributed by atoms with van der Waals surface area (Å²) < 4.78 is 27.7. The summed E-state index contributed by atoms with van der Waals surface area (Å²) in [6.07, 6.45) is 1.02. The molecule has 1 aromatic rings. The van der Waals surface area contributed by atoms with Crippen molar-refractivity contribution in [3.05, 3.63) is 29.3 Å². The lowest BCUT2D eigenvalue weighted by atomic mass is 10.2. The molecule has 0 aromatic heterocycles. The summed E-state index contributed by atoms with van der Waals surface area (Å²) in [4.78, 5) is 25.2. The van der Waals surface area contributed by atoms with Crippen LogP contribution < -0.4 is 4.90 Å². The molecule has 0 radical (unpaired) electrons. The molecule has 2 rings (SSSR count). The summed E-state index contributed by atoms with van der Waals surface area (Å²) in [6, 6.07) is 1.95. The van der Waals surface area contributed by atoms with Crippen molar-refractivity contribution in [3.8, 4) is 0 Å². The van der Waals surface area contributed by atoms with Gasteiger partial charge in [0.15, 0.2) is 0 Å². The summed E-state index contributed by atoms with van der Waals surface area (Å²) in [7, 11) is 1.66. The minimum absolute atomic E-state index is 0.0583. The van der Waals surface area contributed by atoms with Crippen molar-refractivity contribution in [2.45, 2.75) is 6.42 Å². The van der Waals surface area contributed by atoms with Gasteiger partial charge in [-0.05, 0) is 18.6 Å². The molecule has 1 aliphatic rings. The lowest BCUT2D eigenvalue weighted by molar-refractivity contribution is -0.127. The molecule has 1 saturated heterocycles. The number of likely N-dealkylation sites (N-methyl/N-ethyl adjacent to an activating group) is 1. The molecule has 1 heterocycles. The van der Waals surface area contributed by atoms with Gasteiger partial charge in [0.1, 0.15) is 23.6 Å². The molecule has 0 atom stereocenters. The lowest BCUT2D eigenvalue weighted by Gasteiger charge is -2.23. The van der Waals surface area contributed by atoms with E-state index in [0.29, 0.717) is 25.8 Å². The number of rotatable bonds is 2. The minimum Gasteiger partial charge on any atom is -0.357 e. The van der Waals surface area contributed by atoms with Crippen molar-refractivity contribution in [3.63, 3.8) is 0 Å². The van der Waals surface area contributed by atoms with E-state index in [9.17, 15) is 18.4 Å². The maximum Gasteiger partial charge on any atom is 0.241 e. The quantitative estimate of drug-likeness (QED) is 0.762. The molecular weight excluding hydrogens is 254 g/mol. The van der Waals surface area contributed by atoms with Gasteiger partial charge in [-0.3, -0.25) is 9.59 Å². The van der Waals surface area contributed by atoms with Crippen LogP contribution in [-0.2, 0) is 4.79 Å². The van der Waals surface area contributed by atoms with Crippen molar-refractivity contribution in [2.24, 2.45) is 0 Å². The smallest absolute Gasteiger partial charge is 0.241 e. The second kappa shape index (κ2) is 5.34. The Morgan fingerprint density at radius 2 is 1.84 bits per heavy atom. The zero-order chi connectivity index (χ0) is 14.0. The van der Waals surface area contributed by atoms with Crippen LogP contribution in [0.5, 0.6) is 0 Å². The number of carbonyl (C=O) groups is 2. The second-order valence-electron chi connectivity index (χ2n) is 4.54. The fourth-order valence-corrected chi connectivity index (χ4v) is 2.13. The Kier molecular flexibility index (Phi) is 3.78. The highest BCUT2D eigenvalue weighted by atomic mass is 19.1. The number of hydrogen-bond donors (Lipinski definition) is 0. The average Bonchev–Trinajstić information content (AvgIpc) is 2.51. The summed E-state index contributed by atoms with van der Waals surface area (Å²) in [5.74, 6) is -1.82. The summed E-state index contributed by atoms with van der Waals surface area (Å²) in [6.45, 7) is 0.889. The molecular formula is C13H14F2N2O2. The molecule has 0 N–H and O–H groups in total. The fraction of sp³-hybridized carbons (Fsp3) is 0.385. The molecule has 4 nitrogen and oxygen atoms in total. The predicted molar refractivity (Wildman–Crippen MR) is 66.2 cm³/mol. The van der Waals surface area contributed by atoms with Gasteiger partial charge in [0.05, 0.1) is 6.54 Å². The maximum absolute atomic E-state index is 13.9. The molecule has 0 aliphatic carbocycles. The highest BCUT2D eigenvalue weighted by molar-refractivity contribution is 5.82. The molecule has 0 spiro atoms. The zero-order valence-corrected chi connectivity index (χ0v) is 10.5. The summed E-state index contributed by atoms with van der Waals surface area (Å²) in [5, 5.41) is 0. The number of nitrogens with zero attached hydrogens (tertiary/aromatic N) is 2. The van der Waals surface area contributed by atoms with Gasteiger partial charge in [0.25, 0.3) is 0 Å². The third kappa shape index (κ3) is 2.72. The number of anilines is 1. The van der Waals surface area contributed by atoms with Crippen molar-refractivity contribution in [1.82, 2.24) is 4.90 Å². The Morgan fingerprint density at radius 1 is 1.21 bits per heavy atom. The van der Waals surface area contributed by atoms with Crippen molar-refractivity contribution >= 4 is 17.9 Å². The van der Waals surface area contributed by atoms with Crippen molar-refractivity contribution < 1.29 is 18.4 Å². The molecule has 0 bridgehead atoms. The fourth-order valence-electron chi connectivity index (χ4n) is 2.13. The standard InChI is InChI=1S/C13H14F2N2O2/c1-16-3-2-4-17(7-12(16)19)13-10(14)5-9(8-18)6-11(13)15/h5-6,8H,2-4,7H2,1H3. The van der Waals surface area contributed by atoms with E-state index in [1.54, 1.807) is 7.05 Å². The van der Waals surface area contributed by atoms with E-state index in [4.69, 9.17) is 0 Å². The SMILES string of the molecule is CN1CCCN(c2c(F)cc(C=O)cc2F)CC1=O. The van der Waals surface area contributed by atoms with Gasteiger partial charge in [0.2, 0.25) is 5.91 Å². The second-order valence-corrected chi connectivity index (χ2v) is 4.54. The van der Waals surface area contributed by atoms with Crippen LogP contribution in [0.2, 0.25) is 0 Å². The summed E-state index contributed by atoms with van der Waals surface area (Å²) >= 11 is 0. The minimum atomic E-state index is -0.820. The first-order valence-corrected chi connectivity index (χ1v) is 5.96. The van der Waals surface area contributed by atoms with E-state index >= 15 is 0 Å². The van der Waals surface area contributed by atoms with Crippen LogP contribution in [0.3, 0.4) is 0 Å². The van der Waals surface area contributed by atoms with Crippen LogP contribution in [-0.4, -0.2) is 43.8 Å². The van der Waals surface area contributed by atoms with E-state index in [1.807, 2.05) is 0 Å². The average molecular weight is 268 g/mol. The van der Waals surface area contributed by atoms with Gasteiger partial charge < -0.3 is 9.80 Å². The van der Waals surface area contributed by atoms with Gasteiger partial charge in [-0.25, -0.2) is 8.78 Å². The van der Waals surface area contributed by atoms with E-state index in [2.05, 4.69) is 0 Å². The number of halogens is 2. The van der Waals surface area contributed by atoms with E-state index in [0.717, 1.165) is 12.1 Å². The Bertz CT molecular complexity index is 496. The van der Waals surface area contributed by atoms with E-state index in [1.165, 1.54) is 9.80 Å². The molecule has 102 valence electrons. The number of carbonyl (C=O) groups excluding carboxylic acids is 2. The van der Waals surface area contributed by atoms with E-state index < -0.39 is 11.6 Å². The van der Waals surface area contributed by atoms with Crippen LogP contribution in [0, 0.1) is 11.6 Å². The number of amides is 1. The number of benzene rings is 1. The van der Waals surface area contributed by atoms with Gasteiger partial charge in [-0.15, -0.1) is 0 Å². The van der Waals surface area contributed by atoms with Crippen molar-refractivity contribution in [2.75, 3.05) is 31.6 Å². The first-order chi connectivity index (χ1) is 9.02. The molecule has 6 heteroatoms. The Morgan fingerprint density at radius 3 is 2.42 bits per heavy atom. The maximum atomic E-state index is 13.9. The molecule has 19 heavy (non-hydrogen) atoms. The first kappa shape index (κ1) is 13.5. The Balaban J connectivity index is 2.35. The third-order valence-corrected chi connectivity index (χ3v) is 3.16. The van der Waals surface area contributed by atoms with Crippen LogP contribution in [0.4, 0.5) is 14.5 Å². The topological polar surface area (TPSA) is 40.6 Å². The molecule has 1 aliphatic heterocycles. The highest BCUT2D eigenvalue weighted by Crippen LogP contribution is 2.25. The third-order valence-electron chi connectivity index (χ3n) is 3.16. The molecule has 1 aromatic carbocycles. The number of hydrogen-bond acceptors (Lipinski definition) is 3. The zero-order valence-electron chi connectivity index (χ0n) is 10.5. The van der Waals surface area contributed by atoms with Crippen LogP contribution >= 0.6 is 0 Å². The van der Waals surface area contributed by atoms with E-state index in [-0.39, 0.29) is 23.7 Å². The molecule has 0 unspecified atom stereocenters. The monoisotopic (exact) mass is 268 g/mol. The van der Waals surface area contributed by atoms with Crippen LogP contribution in [0.25, 0.3) is 0 Å². The van der Waals surface area contributed by atoms with Crippen LogP contribution in [0.1, 0.15) is 16.8 Å². The Hall–Kier alpha value is -1.98. The van der Waals surface area contributed by atoms with Gasteiger partial charge in [-0.2, -0.15) is 0 Å². The predicted octanol–water partition coefficient (Wildman–Crippen LogP) is 1.45. The first-order valence-electron chi connectivity index (χ1n) is 5.96. The normalized spacial score (nSPS) is 16.5. The van der Waals surface area contributed by atoms with Gasteiger partial charge in [0, 0.05) is 25.7 Å². The number of aldehydes is 1. The molecule has 1 amide bonds. The van der Waals surface area contributed by atoms with Crippen molar-refractivity contribution in [1.29, 1.82) is 0 Å². The largest absolute Gasteiger partial charge is 0.357 e. The van der Waals surface area contributed by atoms with Crippen LogP contribution in [0.15, 0.2) is 12.1 Å². The highest BCUT2D eigenvalue weighted by Gasteiger charge is 2.24. The molecule has 1 fully saturated rings.